The van der Waals surface area contributed by atoms with E-state index in [1.807, 2.05) is 45.0 Å². The first-order chi connectivity index (χ1) is 15.9. The number of hydrogen-bond acceptors (Lipinski definition) is 7. The third-order valence-electron chi connectivity index (χ3n) is 6.27. The van der Waals surface area contributed by atoms with Crippen LogP contribution in [0.1, 0.15) is 45.6 Å². The van der Waals surface area contributed by atoms with Gasteiger partial charge >= 0.3 is 0 Å². The molecule has 0 spiro atoms. The second-order valence-electron chi connectivity index (χ2n) is 8.74. The van der Waals surface area contributed by atoms with Crippen molar-refractivity contribution in [2.75, 3.05) is 26.2 Å². The molecule has 0 saturated heterocycles. The third kappa shape index (κ3) is 4.28. The molecule has 0 saturated carbocycles. The summed E-state index contributed by atoms with van der Waals surface area (Å²) in [6.07, 6.45) is 2.98. The Morgan fingerprint density at radius 1 is 1.18 bits per heavy atom. The molecule has 2 N–H and O–H groups in total. The Bertz CT molecular complexity index is 1070. The normalized spacial score (nSPS) is 21.9. The smallest absolute Gasteiger partial charge is 0.191 e. The van der Waals surface area contributed by atoms with E-state index in [-0.39, 0.29) is 23.3 Å². The predicted octanol–water partition coefficient (Wildman–Crippen LogP) is 4.01. The number of allylic oxidation sites excluding steroid dienone is 2. The molecule has 172 valence electrons. The summed E-state index contributed by atoms with van der Waals surface area (Å²) in [5, 5.41) is 30.4. The molecule has 3 rings (SSSR count). The summed E-state index contributed by atoms with van der Waals surface area (Å²) < 4.78 is 11.8. The maximum atomic E-state index is 10.3. The van der Waals surface area contributed by atoms with E-state index in [0.29, 0.717) is 31.2 Å². The van der Waals surface area contributed by atoms with Gasteiger partial charge in [-0.2, -0.15) is 15.8 Å². The lowest BCUT2D eigenvalue weighted by molar-refractivity contribution is 0.206. The van der Waals surface area contributed by atoms with E-state index in [0.717, 1.165) is 24.1 Å². The van der Waals surface area contributed by atoms with Gasteiger partial charge < -0.3 is 15.2 Å². The topological polar surface area (TPSA) is 119 Å². The highest BCUT2D eigenvalue weighted by Crippen LogP contribution is 2.54. The van der Waals surface area contributed by atoms with Gasteiger partial charge in [0.25, 0.3) is 0 Å². The fraction of sp³-hybridized carbons (Fsp3) is 0.500. The Morgan fingerprint density at radius 2 is 1.91 bits per heavy atom. The zero-order chi connectivity index (χ0) is 24.2. The van der Waals surface area contributed by atoms with Gasteiger partial charge in [-0.3, -0.25) is 4.90 Å². The zero-order valence-electron chi connectivity index (χ0n) is 19.8. The van der Waals surface area contributed by atoms with Gasteiger partial charge in [0.1, 0.15) is 6.07 Å². The maximum Gasteiger partial charge on any atom is 0.191 e. The van der Waals surface area contributed by atoms with Crippen LogP contribution in [0.4, 0.5) is 0 Å². The summed E-state index contributed by atoms with van der Waals surface area (Å²) >= 11 is 0. The van der Waals surface area contributed by atoms with Crippen molar-refractivity contribution in [3.63, 3.8) is 0 Å². The minimum atomic E-state index is -1.66. The highest BCUT2D eigenvalue weighted by Gasteiger charge is 2.54. The largest absolute Gasteiger partial charge is 0.490 e. The fourth-order valence-electron chi connectivity index (χ4n) is 4.95. The van der Waals surface area contributed by atoms with Crippen LogP contribution in [0.2, 0.25) is 0 Å². The first-order valence-corrected chi connectivity index (χ1v) is 11.5. The number of fused-ring (bicyclic) bond motifs is 1. The summed E-state index contributed by atoms with van der Waals surface area (Å²) in [5.41, 5.74) is 6.65. The summed E-state index contributed by atoms with van der Waals surface area (Å²) in [5.74, 6) is 0.397. The van der Waals surface area contributed by atoms with Gasteiger partial charge in [0.15, 0.2) is 16.9 Å². The van der Waals surface area contributed by atoms with Gasteiger partial charge in [0.2, 0.25) is 0 Å². The predicted molar refractivity (Wildman–Crippen MR) is 125 cm³/mol. The van der Waals surface area contributed by atoms with Crippen molar-refractivity contribution in [1.82, 2.24) is 4.90 Å². The molecule has 1 aliphatic carbocycles. The van der Waals surface area contributed by atoms with Crippen LogP contribution in [0.5, 0.6) is 11.5 Å². The minimum Gasteiger partial charge on any atom is -0.490 e. The highest BCUT2D eigenvalue weighted by molar-refractivity contribution is 5.60. The molecule has 2 aliphatic rings. The van der Waals surface area contributed by atoms with Gasteiger partial charge in [0.05, 0.1) is 36.1 Å². The molecule has 0 aromatic heterocycles. The summed E-state index contributed by atoms with van der Waals surface area (Å²) in [4.78, 5) is 2.29. The average Bonchev–Trinajstić information content (AvgIpc) is 2.80. The second-order valence-corrected chi connectivity index (χ2v) is 8.74. The van der Waals surface area contributed by atoms with Crippen LogP contribution in [-0.4, -0.2) is 37.2 Å². The molecule has 0 amide bonds. The Balaban J connectivity index is 2.24. The van der Waals surface area contributed by atoms with Gasteiger partial charge in [-0.05, 0) is 57.0 Å². The van der Waals surface area contributed by atoms with Crippen molar-refractivity contribution in [3.05, 3.63) is 46.7 Å². The van der Waals surface area contributed by atoms with Crippen LogP contribution in [0.25, 0.3) is 0 Å². The van der Waals surface area contributed by atoms with Gasteiger partial charge in [-0.25, -0.2) is 0 Å². The summed E-state index contributed by atoms with van der Waals surface area (Å²) in [6.45, 7) is 10.6. The van der Waals surface area contributed by atoms with Crippen molar-refractivity contribution >= 4 is 0 Å². The van der Waals surface area contributed by atoms with Crippen molar-refractivity contribution in [2.45, 2.75) is 46.1 Å². The number of benzene rings is 1. The van der Waals surface area contributed by atoms with Crippen molar-refractivity contribution in [3.8, 4) is 29.7 Å². The summed E-state index contributed by atoms with van der Waals surface area (Å²) in [6, 6.07) is 12.1. The Labute approximate surface area is 196 Å². The summed E-state index contributed by atoms with van der Waals surface area (Å²) in [7, 11) is 0. The number of nitrogens with zero attached hydrogens (tertiary/aromatic N) is 4. The lowest BCUT2D eigenvalue weighted by atomic mass is 9.58. The standard InChI is InChI=1S/C26H31N5O2/c1-5-10-31-11-9-19-20(13-27)25(30)26(15-28,16-29)24(21(19)14-31)18-7-8-22(33-17(3)4)23(12-18)32-6-2/h7-9,12,17,21,24H,5-6,10-11,14,30H2,1-4H3/t21-,24-/m0/s1. The molecule has 0 radical (unpaired) electrons. The zero-order valence-corrected chi connectivity index (χ0v) is 19.8. The van der Waals surface area contributed by atoms with Crippen molar-refractivity contribution < 1.29 is 9.47 Å². The van der Waals surface area contributed by atoms with Crippen LogP contribution in [0.15, 0.2) is 41.1 Å². The van der Waals surface area contributed by atoms with E-state index >= 15 is 0 Å². The molecule has 0 bridgehead atoms. The number of nitriles is 3. The number of nitrogens with two attached hydrogens (primary N) is 1. The Morgan fingerprint density at radius 3 is 2.48 bits per heavy atom. The molecule has 7 heteroatoms. The molecule has 0 unspecified atom stereocenters. The molecule has 1 heterocycles. The molecule has 1 aliphatic heterocycles. The third-order valence-corrected chi connectivity index (χ3v) is 6.27. The quantitative estimate of drug-likeness (QED) is 0.673. The first kappa shape index (κ1) is 24.2. The molecule has 0 fully saturated rings. The average molecular weight is 446 g/mol. The lowest BCUT2D eigenvalue weighted by Gasteiger charge is -2.45. The minimum absolute atomic E-state index is 0.0331. The molecule has 7 nitrogen and oxygen atoms in total. The SMILES string of the molecule is CCCN1CC=C2C(C#N)=C(N)C(C#N)(C#N)[C@@H](c3ccc(OC(C)C)c(OCC)c3)[C@H]2C1. The van der Waals surface area contributed by atoms with Crippen LogP contribution in [0.3, 0.4) is 0 Å². The molecule has 1 aromatic carbocycles. The van der Waals surface area contributed by atoms with E-state index in [9.17, 15) is 15.8 Å². The fourth-order valence-corrected chi connectivity index (χ4v) is 4.95. The Kier molecular flexibility index (Phi) is 7.32. The van der Waals surface area contributed by atoms with Crippen molar-refractivity contribution in [1.29, 1.82) is 15.8 Å². The molecule has 1 aromatic rings. The number of hydrogen-bond donors (Lipinski definition) is 1. The van der Waals surface area contributed by atoms with Crippen LogP contribution in [-0.2, 0) is 0 Å². The van der Waals surface area contributed by atoms with Crippen LogP contribution < -0.4 is 15.2 Å². The van der Waals surface area contributed by atoms with E-state index in [4.69, 9.17) is 15.2 Å². The molecule has 33 heavy (non-hydrogen) atoms. The molecular weight excluding hydrogens is 414 g/mol. The van der Waals surface area contributed by atoms with Gasteiger partial charge in [-0.15, -0.1) is 0 Å². The Hall–Kier alpha value is -3.47. The number of ether oxygens (including phenoxy) is 2. The van der Waals surface area contributed by atoms with E-state index < -0.39 is 11.3 Å². The molecular formula is C26H31N5O2. The van der Waals surface area contributed by atoms with E-state index in [2.05, 4.69) is 30.0 Å². The van der Waals surface area contributed by atoms with Crippen molar-refractivity contribution in [2.24, 2.45) is 17.1 Å². The molecule has 2 atom stereocenters. The lowest BCUT2D eigenvalue weighted by Crippen LogP contribution is -2.48. The van der Waals surface area contributed by atoms with Crippen LogP contribution >= 0.6 is 0 Å². The highest BCUT2D eigenvalue weighted by atomic mass is 16.5. The second kappa shape index (κ2) is 9.99. The van der Waals surface area contributed by atoms with E-state index in [1.54, 1.807) is 0 Å². The maximum absolute atomic E-state index is 10.3. The number of rotatable bonds is 7. The monoisotopic (exact) mass is 445 g/mol. The van der Waals surface area contributed by atoms with E-state index in [1.165, 1.54) is 0 Å². The van der Waals surface area contributed by atoms with Gasteiger partial charge in [0, 0.05) is 24.9 Å². The van der Waals surface area contributed by atoms with Gasteiger partial charge in [-0.1, -0.05) is 19.1 Å². The van der Waals surface area contributed by atoms with Crippen LogP contribution in [0, 0.1) is 45.3 Å². The first-order valence-electron chi connectivity index (χ1n) is 11.5.